The monoisotopic (exact) mass is 1820 g/mol. The number of rotatable bonds is 21. The van der Waals surface area contributed by atoms with Gasteiger partial charge in [0.25, 0.3) is 29.5 Å². The van der Waals surface area contributed by atoms with E-state index in [9.17, 15) is 24.0 Å². The summed E-state index contributed by atoms with van der Waals surface area (Å²) < 4.78 is 38.5. The van der Waals surface area contributed by atoms with E-state index in [1.807, 2.05) is 311 Å². The number of aryl methyl sites for hydroxylation is 3. The molecule has 5 amide bonds. The number of ether oxygens (including phenoxy) is 5. The van der Waals surface area contributed by atoms with Crippen molar-refractivity contribution in [1.29, 1.82) is 0 Å². The van der Waals surface area contributed by atoms with Crippen molar-refractivity contribution in [3.8, 4) is 29.4 Å². The summed E-state index contributed by atoms with van der Waals surface area (Å²) in [5.41, 5.74) is 15.5. The third-order valence-corrected chi connectivity index (χ3v) is 23.3. The lowest BCUT2D eigenvalue weighted by molar-refractivity contribution is 0.0693. The first kappa shape index (κ1) is 91.1. The average Bonchev–Trinajstić information content (AvgIpc) is 1.71. The molecule has 20 rings (SSSR count). The van der Waals surface area contributed by atoms with Crippen LogP contribution < -0.4 is 28.6 Å². The van der Waals surface area contributed by atoms with E-state index < -0.39 is 0 Å². The van der Waals surface area contributed by atoms with Crippen LogP contribution in [0.2, 0.25) is 10.0 Å². The van der Waals surface area contributed by atoms with Crippen LogP contribution in [0.25, 0.3) is 0 Å². The highest BCUT2D eigenvalue weighted by molar-refractivity contribution is 6.33. The molecule has 0 saturated carbocycles. The lowest BCUT2D eigenvalue weighted by Gasteiger charge is -2.27. The molecule has 0 saturated heterocycles. The molecule has 8 aromatic heterocycles. The van der Waals surface area contributed by atoms with Crippen LogP contribution in [0, 0.1) is 20.8 Å². The fraction of sp³-hybridized carbons (Fsp3) is 0.245. The molecule has 0 unspecified atom stereocenters. The summed E-state index contributed by atoms with van der Waals surface area (Å²) in [6.45, 7) is 16.9. The van der Waals surface area contributed by atoms with Crippen molar-refractivity contribution in [2.24, 2.45) is 0 Å². The summed E-state index contributed by atoms with van der Waals surface area (Å²) in [5, 5.41) is 23.5. The molecule has 0 fully saturated rings. The van der Waals surface area contributed by atoms with Gasteiger partial charge in [-0.1, -0.05) is 211 Å². The van der Waals surface area contributed by atoms with Crippen LogP contribution in [0.15, 0.2) is 279 Å². The van der Waals surface area contributed by atoms with Crippen molar-refractivity contribution < 1.29 is 47.7 Å². The van der Waals surface area contributed by atoms with Crippen molar-refractivity contribution in [2.75, 3.05) is 51.7 Å². The molecule has 7 aromatic carbocycles. The lowest BCUT2D eigenvalue weighted by atomic mass is 10.1. The molecule has 0 spiro atoms. The fourth-order valence-electron chi connectivity index (χ4n) is 15.4. The van der Waals surface area contributed by atoms with Crippen LogP contribution in [0.5, 0.6) is 29.4 Å². The Morgan fingerprint density at radius 1 is 0.293 bits per heavy atom. The van der Waals surface area contributed by atoms with Crippen LogP contribution in [-0.2, 0) is 98.5 Å². The predicted octanol–water partition coefficient (Wildman–Crippen LogP) is 16.1. The number of hydrogen-bond acceptors (Lipinski definition) is 19. The molecule has 31 heteroatoms. The molecule has 678 valence electrons. The number of benzene rings is 7. The van der Waals surface area contributed by atoms with Gasteiger partial charge < -0.3 is 53.1 Å². The minimum atomic E-state index is -0.0668. The summed E-state index contributed by atoms with van der Waals surface area (Å²) in [5.74, 6) is 3.45. The molecule has 133 heavy (non-hydrogen) atoms. The van der Waals surface area contributed by atoms with Crippen molar-refractivity contribution in [3.05, 3.63) is 391 Å². The summed E-state index contributed by atoms with van der Waals surface area (Å²) in [7, 11) is 3.82. The van der Waals surface area contributed by atoms with E-state index in [2.05, 4.69) is 40.4 Å². The molecule has 0 radical (unpaired) electrons. The maximum absolute atomic E-state index is 12.9. The van der Waals surface area contributed by atoms with Crippen LogP contribution >= 0.6 is 23.2 Å². The van der Waals surface area contributed by atoms with E-state index in [0.717, 1.165) is 79.1 Å². The van der Waals surface area contributed by atoms with Crippen molar-refractivity contribution >= 4 is 58.6 Å². The number of aromatic nitrogens is 13. The average molecular weight is 1820 g/mol. The van der Waals surface area contributed by atoms with Crippen LogP contribution in [-0.4, -0.2) is 165 Å². The molecular weight excluding hydrogens is 1720 g/mol. The third kappa shape index (κ3) is 24.1. The van der Waals surface area contributed by atoms with E-state index in [-0.39, 0.29) is 29.5 Å². The number of anilines is 1. The zero-order valence-corrected chi connectivity index (χ0v) is 76.0. The first-order chi connectivity index (χ1) is 64.8. The van der Waals surface area contributed by atoms with Crippen molar-refractivity contribution in [1.82, 2.24) is 88.4 Å². The Morgan fingerprint density at radius 2 is 0.579 bits per heavy atom. The molecule has 0 bridgehead atoms. The molecule has 0 atom stereocenters. The lowest BCUT2D eigenvalue weighted by Crippen LogP contribution is -2.38. The normalized spacial score (nSPS) is 13.3. The maximum atomic E-state index is 12.9. The topological polar surface area (TPSA) is 279 Å². The van der Waals surface area contributed by atoms with Crippen molar-refractivity contribution in [3.63, 3.8) is 0 Å². The predicted molar refractivity (Wildman–Crippen MR) is 503 cm³/mol. The van der Waals surface area contributed by atoms with E-state index in [1.165, 1.54) is 0 Å². The van der Waals surface area contributed by atoms with Gasteiger partial charge >= 0.3 is 0 Å². The number of halogens is 2. The van der Waals surface area contributed by atoms with Gasteiger partial charge in [-0.05, 0) is 115 Å². The number of pyridine rings is 3. The molecule has 13 heterocycles. The Morgan fingerprint density at radius 3 is 0.880 bits per heavy atom. The Balaban J connectivity index is 0.000000121. The largest absolute Gasteiger partial charge is 0.472 e. The third-order valence-electron chi connectivity index (χ3n) is 22.6. The van der Waals surface area contributed by atoms with E-state index in [0.29, 0.717) is 199 Å². The van der Waals surface area contributed by atoms with Gasteiger partial charge in [0.05, 0.1) is 105 Å². The molecule has 0 aliphatic carbocycles. The van der Waals surface area contributed by atoms with Crippen LogP contribution in [0.4, 0.5) is 5.82 Å². The quantitative estimate of drug-likeness (QED) is 0.0646. The van der Waals surface area contributed by atoms with Gasteiger partial charge in [-0.3, -0.25) is 47.4 Å². The van der Waals surface area contributed by atoms with Gasteiger partial charge in [-0.15, -0.1) is 25.5 Å². The minimum absolute atomic E-state index is 0.0175. The number of amides is 5. The second-order valence-electron chi connectivity index (χ2n) is 32.5. The minimum Gasteiger partial charge on any atom is -0.472 e. The highest BCUT2D eigenvalue weighted by Crippen LogP contribution is 2.30. The number of carbonyl (C=O) groups excluding carboxylic acids is 5. The highest BCUT2D eigenvalue weighted by Gasteiger charge is 2.31. The van der Waals surface area contributed by atoms with Gasteiger partial charge in [-0.25, -0.2) is 15.0 Å². The second kappa shape index (κ2) is 43.5. The summed E-state index contributed by atoms with van der Waals surface area (Å²) in [6, 6.07) is 88.5. The Labute approximate surface area is 780 Å². The summed E-state index contributed by atoms with van der Waals surface area (Å²) >= 11 is 12.3. The number of fused-ring (bicyclic) bond motifs is 5. The summed E-state index contributed by atoms with van der Waals surface area (Å²) in [6.07, 6.45) is 0. The van der Waals surface area contributed by atoms with Gasteiger partial charge in [-0.2, -0.15) is 0 Å². The van der Waals surface area contributed by atoms with Gasteiger partial charge in [0.1, 0.15) is 55.9 Å². The van der Waals surface area contributed by atoms with Crippen LogP contribution in [0.1, 0.15) is 125 Å². The Kier molecular flexibility index (Phi) is 29.8. The Bertz CT molecular complexity index is 6360. The van der Waals surface area contributed by atoms with E-state index >= 15 is 0 Å². The SMILES string of the molecule is CN(C)c1cccc(C(=O)N2CCn3nc(OCc4ccccc4)cc3C2)n1.Cc1ccc(C(=O)N2CCn3nc(OCc4ccccc4)cc3C2)cc1Cl.Cc1cccc(C(=O)N2CCn3nc(OCc4ccccc4)cc3C2)n1.Cc1cccc(C(=O)N2CCn3nc(OCc4ccccc4)cc3C2)n1.O=C(c1ccccc1Cl)N1CCn2nc(OCc3ccccc3)cc2C1. The smallest absolute Gasteiger partial charge is 0.272 e. The van der Waals surface area contributed by atoms with Crippen LogP contribution in [0.3, 0.4) is 0 Å². The standard InChI is InChI=1S/C21H20ClN3O2.C21H23N5O2.C20H18ClN3O2.2C20H20N4O2/c1-15-7-8-17(11-19(15)22)21(26)24-9-10-25-18(13-24)12-20(23-25)27-14-16-5-3-2-4-6-16;1-24(2)19-10-6-9-18(22-19)21(27)25-11-12-26-17(14-25)13-20(23-26)28-15-16-7-4-3-5-8-16;21-18-9-5-4-8-17(18)20(25)23-10-11-24-16(13-23)12-19(22-24)26-14-15-6-2-1-3-7-15;2*1-15-6-5-9-18(21-15)20(25)23-10-11-24-17(13-23)12-19(22-24)26-14-16-7-3-2-4-8-16/h2-8,11-12H,9-10,13-14H2,1H3;3-10,13H,11-12,14-15H2,1-2H3;1-9,12H,10-11,13-14H2;2*2-9,12H,10-11,13-14H2,1H3. The van der Waals surface area contributed by atoms with E-state index in [4.69, 9.17) is 46.9 Å². The molecule has 5 aliphatic heterocycles. The molecular formula is C102H101Cl2N19O10. The first-order valence-corrected chi connectivity index (χ1v) is 44.7. The zero-order valence-electron chi connectivity index (χ0n) is 74.5. The first-order valence-electron chi connectivity index (χ1n) is 43.9. The number of carbonyl (C=O) groups is 5. The molecule has 15 aromatic rings. The zero-order chi connectivity index (χ0) is 92.1. The van der Waals surface area contributed by atoms with Gasteiger partial charge in [0, 0.05) is 99.1 Å². The fourth-order valence-corrected chi connectivity index (χ4v) is 15.8. The number of hydrogen-bond donors (Lipinski definition) is 0. The molecule has 0 N–H and O–H groups in total. The highest BCUT2D eigenvalue weighted by atomic mass is 35.5. The van der Waals surface area contributed by atoms with E-state index in [1.54, 1.807) is 56.0 Å². The summed E-state index contributed by atoms with van der Waals surface area (Å²) in [4.78, 5) is 87.8. The van der Waals surface area contributed by atoms with Gasteiger partial charge in [0.15, 0.2) is 0 Å². The molecule has 5 aliphatic rings. The maximum Gasteiger partial charge on any atom is 0.272 e. The number of nitrogens with zero attached hydrogens (tertiary/aromatic N) is 19. The molecule has 29 nitrogen and oxygen atoms in total. The second-order valence-corrected chi connectivity index (χ2v) is 33.4. The van der Waals surface area contributed by atoms with Crippen molar-refractivity contribution in [2.45, 2.75) is 119 Å². The van der Waals surface area contributed by atoms with Gasteiger partial charge in [0.2, 0.25) is 29.4 Å². The Hall–Kier alpha value is -15.2.